The van der Waals surface area contributed by atoms with Crippen LogP contribution >= 0.6 is 0 Å². The second-order valence-corrected chi connectivity index (χ2v) is 15.4. The number of carbonyl (C=O) groups excluding carboxylic acids is 4. The van der Waals surface area contributed by atoms with Gasteiger partial charge in [0.05, 0.1) is 185 Å². The van der Waals surface area contributed by atoms with Crippen LogP contribution in [0.2, 0.25) is 0 Å². The Labute approximate surface area is 424 Å². The molecule has 3 heterocycles. The Morgan fingerprint density at radius 3 is 1.30 bits per heavy atom. The zero-order chi connectivity index (χ0) is 51.7. The van der Waals surface area contributed by atoms with Gasteiger partial charge in [0.1, 0.15) is 12.1 Å². The first-order valence-corrected chi connectivity index (χ1v) is 24.4. The molecule has 0 aliphatic carbocycles. The van der Waals surface area contributed by atoms with Crippen LogP contribution in [0.5, 0.6) is 5.88 Å². The number of nitrogens with two attached hydrogens (primary N) is 1. The van der Waals surface area contributed by atoms with Crippen molar-refractivity contribution in [2.75, 3.05) is 178 Å². The van der Waals surface area contributed by atoms with E-state index >= 15 is 0 Å². The van der Waals surface area contributed by atoms with Crippen molar-refractivity contribution < 1.29 is 90.3 Å². The second kappa shape index (κ2) is 40.3. The van der Waals surface area contributed by atoms with Crippen LogP contribution in [-0.4, -0.2) is 220 Å². The predicted molar refractivity (Wildman–Crippen MR) is 256 cm³/mol. The van der Waals surface area contributed by atoms with Crippen molar-refractivity contribution in [1.82, 2.24) is 30.3 Å². The monoisotopic (exact) mass is 1040 g/mol. The largest absolute Gasteiger partial charge is 0.471 e. The van der Waals surface area contributed by atoms with Crippen molar-refractivity contribution in [2.45, 2.75) is 38.8 Å². The van der Waals surface area contributed by atoms with Gasteiger partial charge in [-0.3, -0.25) is 14.4 Å². The number of carbonyl (C=O) groups is 4. The Morgan fingerprint density at radius 2 is 0.890 bits per heavy atom. The van der Waals surface area contributed by atoms with Gasteiger partial charge in [0, 0.05) is 25.8 Å². The van der Waals surface area contributed by atoms with E-state index in [2.05, 4.69) is 25.3 Å². The first kappa shape index (κ1) is 60.5. The van der Waals surface area contributed by atoms with Gasteiger partial charge >= 0.3 is 5.97 Å². The fourth-order valence-electron chi connectivity index (χ4n) is 5.99. The van der Waals surface area contributed by atoms with Gasteiger partial charge in [-0.1, -0.05) is 24.3 Å². The number of H-pyrrole nitrogens is 1. The van der Waals surface area contributed by atoms with Crippen LogP contribution in [0.4, 0.5) is 5.95 Å². The number of hydrogen-bond acceptors (Lipinski definition) is 23. The Bertz CT molecular complexity index is 1920. The zero-order valence-electron chi connectivity index (χ0n) is 41.6. The summed E-state index contributed by atoms with van der Waals surface area (Å²) in [5.74, 6) is -1.42. The molecule has 4 rings (SSSR count). The summed E-state index contributed by atoms with van der Waals surface area (Å²) in [6.07, 6.45) is 1.78. The highest BCUT2D eigenvalue weighted by molar-refractivity contribution is 6.01. The maximum atomic E-state index is 12.2. The number of hydrogen-bond donors (Lipinski definition) is 3. The topological polar surface area (TPSA) is 302 Å². The van der Waals surface area contributed by atoms with Gasteiger partial charge in [0.25, 0.3) is 11.8 Å². The minimum atomic E-state index is -0.706. The lowest BCUT2D eigenvalue weighted by molar-refractivity contribution is -0.198. The molecule has 0 unspecified atom stereocenters. The Balaban J connectivity index is 0.752. The van der Waals surface area contributed by atoms with E-state index < -0.39 is 17.8 Å². The molecular formula is C47H73N7O19. The molecular weight excluding hydrogens is 967 g/mol. The average molecular weight is 1040 g/mol. The van der Waals surface area contributed by atoms with Crippen LogP contribution in [0.3, 0.4) is 0 Å². The molecule has 2 aromatic heterocycles. The van der Waals surface area contributed by atoms with Crippen LogP contribution in [0.15, 0.2) is 30.6 Å². The van der Waals surface area contributed by atoms with E-state index in [4.69, 9.17) is 76.9 Å². The van der Waals surface area contributed by atoms with Crippen molar-refractivity contribution in [2.24, 2.45) is 0 Å². The number of imidazole rings is 1. The lowest BCUT2D eigenvalue weighted by Crippen LogP contribution is -2.32. The molecule has 0 radical (unpaired) electrons. The lowest BCUT2D eigenvalue weighted by Gasteiger charge is -2.12. The third-order valence-electron chi connectivity index (χ3n) is 9.74. The Hall–Kier alpha value is -5.07. The average Bonchev–Trinajstić information content (AvgIpc) is 4.00. The predicted octanol–water partition coefficient (Wildman–Crippen LogP) is 0.734. The van der Waals surface area contributed by atoms with E-state index in [1.807, 2.05) is 24.3 Å². The zero-order valence-corrected chi connectivity index (χ0v) is 41.6. The number of aromatic nitrogens is 4. The van der Waals surface area contributed by atoms with Gasteiger partial charge in [-0.05, 0) is 11.1 Å². The summed E-state index contributed by atoms with van der Waals surface area (Å²) in [5, 5.41) is 3.41. The second-order valence-electron chi connectivity index (χ2n) is 15.4. The maximum Gasteiger partial charge on any atom is 0.335 e. The van der Waals surface area contributed by atoms with Crippen LogP contribution < -0.4 is 15.8 Å². The minimum Gasteiger partial charge on any atom is -0.471 e. The Morgan fingerprint density at radius 1 is 0.521 bits per heavy atom. The first-order valence-electron chi connectivity index (χ1n) is 24.4. The third-order valence-corrected chi connectivity index (χ3v) is 9.74. The molecule has 4 N–H and O–H groups in total. The maximum absolute atomic E-state index is 12.2. The number of rotatable bonds is 48. The van der Waals surface area contributed by atoms with Gasteiger partial charge in [-0.2, -0.15) is 9.97 Å². The highest BCUT2D eigenvalue weighted by Crippen LogP contribution is 2.21. The summed E-state index contributed by atoms with van der Waals surface area (Å²) in [6.45, 7) is 11.3. The number of nitrogen functional groups attached to an aromatic ring is 1. The molecule has 3 amide bonds. The van der Waals surface area contributed by atoms with Gasteiger partial charge in [-0.15, -0.1) is 5.06 Å². The number of benzene rings is 1. The van der Waals surface area contributed by atoms with Crippen molar-refractivity contribution in [1.29, 1.82) is 0 Å². The normalized spacial score (nSPS) is 12.6. The summed E-state index contributed by atoms with van der Waals surface area (Å²) in [4.78, 5) is 66.8. The molecule has 0 spiro atoms. The van der Waals surface area contributed by atoms with E-state index in [0.717, 1.165) is 11.1 Å². The third kappa shape index (κ3) is 29.4. The molecule has 73 heavy (non-hydrogen) atoms. The van der Waals surface area contributed by atoms with Crippen molar-refractivity contribution in [3.8, 4) is 5.88 Å². The van der Waals surface area contributed by atoms with Crippen molar-refractivity contribution >= 4 is 40.8 Å². The van der Waals surface area contributed by atoms with E-state index in [-0.39, 0.29) is 57.4 Å². The molecule has 0 atom stereocenters. The quantitative estimate of drug-likeness (QED) is 0.0519. The van der Waals surface area contributed by atoms with Crippen LogP contribution in [0, 0.1) is 0 Å². The van der Waals surface area contributed by atoms with E-state index in [9.17, 15) is 19.2 Å². The summed E-state index contributed by atoms with van der Waals surface area (Å²) in [5.41, 5.74) is 8.64. The number of amides is 3. The SMILES string of the molecule is Nc1nc(OCc2ccc(CNC(=O)CCOCCOCCOCCOCCOCCOCCOCCOCCOCCOCCOCCOCCOCCC(=O)ON3C(=O)CCC3=O)cc2)c2[nH]cnc2n1. The smallest absolute Gasteiger partial charge is 0.335 e. The van der Waals surface area contributed by atoms with Gasteiger partial charge in [-0.25, -0.2) is 9.78 Å². The number of nitrogens with zero attached hydrogens (tertiary/aromatic N) is 4. The lowest BCUT2D eigenvalue weighted by atomic mass is 10.1. The van der Waals surface area contributed by atoms with Crippen molar-refractivity contribution in [3.63, 3.8) is 0 Å². The number of fused-ring (bicyclic) bond motifs is 1. The van der Waals surface area contributed by atoms with Gasteiger partial charge in [0.15, 0.2) is 5.65 Å². The van der Waals surface area contributed by atoms with Crippen molar-refractivity contribution in [3.05, 3.63) is 41.7 Å². The number of anilines is 1. The van der Waals surface area contributed by atoms with Crippen LogP contribution in [-0.2, 0) is 98.7 Å². The number of hydroxylamine groups is 2. The molecule has 1 saturated heterocycles. The number of aromatic amines is 1. The molecule has 1 fully saturated rings. The molecule has 3 aromatic rings. The number of imide groups is 1. The van der Waals surface area contributed by atoms with Crippen LogP contribution in [0.1, 0.15) is 36.8 Å². The highest BCUT2D eigenvalue weighted by Gasteiger charge is 2.32. The highest BCUT2D eigenvalue weighted by atomic mass is 16.7. The molecule has 1 aliphatic rings. The molecule has 1 aliphatic heterocycles. The molecule has 410 valence electrons. The molecule has 26 nitrogen and oxygen atoms in total. The van der Waals surface area contributed by atoms with E-state index in [1.54, 1.807) is 0 Å². The standard InChI is InChI=1S/C47H73N7O19/c48-47-52-45-44(50-37-51-45)46(53-47)72-36-39-3-1-38(2-4-39)35-49-40(55)7-9-59-11-13-61-15-17-63-19-21-65-23-25-67-27-29-69-31-33-71-34-32-70-30-28-68-26-24-66-22-20-64-18-16-62-14-12-60-10-8-43(58)73-54-41(56)5-6-42(54)57/h1-4,37H,5-36H2,(H,49,55)(H3,48,50,51,52,53). The minimum absolute atomic E-state index is 0.0516. The summed E-state index contributed by atoms with van der Waals surface area (Å²) < 4.78 is 77.0. The van der Waals surface area contributed by atoms with E-state index in [1.165, 1.54) is 6.33 Å². The molecule has 0 saturated carbocycles. The Kier molecular flexibility index (Phi) is 33.4. The number of ether oxygens (including phenoxy) is 14. The first-order chi connectivity index (χ1) is 35.9. The molecule has 1 aromatic carbocycles. The fourth-order valence-corrected chi connectivity index (χ4v) is 5.99. The van der Waals surface area contributed by atoms with Crippen LogP contribution in [0.25, 0.3) is 11.2 Å². The molecule has 0 bridgehead atoms. The fraction of sp³-hybridized carbons (Fsp3) is 0.681. The van der Waals surface area contributed by atoms with E-state index in [0.29, 0.717) is 187 Å². The summed E-state index contributed by atoms with van der Waals surface area (Å²) in [7, 11) is 0. The number of nitrogens with one attached hydrogen (secondary N) is 2. The summed E-state index contributed by atoms with van der Waals surface area (Å²) >= 11 is 0. The van der Waals surface area contributed by atoms with Gasteiger partial charge in [0.2, 0.25) is 17.7 Å². The summed E-state index contributed by atoms with van der Waals surface area (Å²) in [6, 6.07) is 7.70. The van der Waals surface area contributed by atoms with Gasteiger partial charge < -0.3 is 87.2 Å². The molecule has 26 heteroatoms.